The average Bonchev–Trinajstić information content (AvgIpc) is 1.87. The van der Waals surface area contributed by atoms with Crippen molar-refractivity contribution in [3.05, 3.63) is 0 Å². The van der Waals surface area contributed by atoms with E-state index in [0.717, 1.165) is 12.8 Å². The molecule has 1 unspecified atom stereocenters. The standard InChI is InChI=1S/C7H15NO2S/c1-3-4-5-8(6(2)11)7(9)10/h6,11H,3-5H2,1-2H3,(H,9,10). The molecular weight excluding hydrogens is 162 g/mol. The van der Waals surface area contributed by atoms with Crippen LogP contribution in [0, 0.1) is 0 Å². The third kappa shape index (κ3) is 4.14. The number of unbranched alkanes of at least 4 members (excludes halogenated alkanes) is 1. The van der Waals surface area contributed by atoms with Gasteiger partial charge in [-0.3, -0.25) is 4.90 Å². The van der Waals surface area contributed by atoms with Gasteiger partial charge in [0.2, 0.25) is 0 Å². The van der Waals surface area contributed by atoms with Gasteiger partial charge in [0.15, 0.2) is 0 Å². The van der Waals surface area contributed by atoms with Gasteiger partial charge in [0, 0.05) is 6.54 Å². The molecule has 0 aromatic carbocycles. The maximum Gasteiger partial charge on any atom is 0.408 e. The molecule has 0 aliphatic heterocycles. The molecule has 1 atom stereocenters. The monoisotopic (exact) mass is 177 g/mol. The van der Waals surface area contributed by atoms with Crippen LogP contribution in [0.15, 0.2) is 0 Å². The SMILES string of the molecule is CCCCN(C(=O)O)C(C)S. The van der Waals surface area contributed by atoms with Gasteiger partial charge in [-0.25, -0.2) is 4.79 Å². The second-order valence-electron chi connectivity index (χ2n) is 2.46. The number of amides is 1. The summed E-state index contributed by atoms with van der Waals surface area (Å²) in [5, 5.41) is 8.44. The van der Waals surface area contributed by atoms with E-state index in [1.54, 1.807) is 6.92 Å². The highest BCUT2D eigenvalue weighted by molar-refractivity contribution is 7.80. The summed E-state index contributed by atoms with van der Waals surface area (Å²) in [4.78, 5) is 11.8. The first-order valence-electron chi connectivity index (χ1n) is 3.77. The van der Waals surface area contributed by atoms with Gasteiger partial charge in [0.1, 0.15) is 0 Å². The van der Waals surface area contributed by atoms with Crippen LogP contribution in [-0.2, 0) is 0 Å². The Labute approximate surface area is 72.8 Å². The van der Waals surface area contributed by atoms with Gasteiger partial charge >= 0.3 is 6.09 Å². The van der Waals surface area contributed by atoms with Crippen molar-refractivity contribution in [1.82, 2.24) is 4.90 Å². The third-order valence-electron chi connectivity index (χ3n) is 1.45. The van der Waals surface area contributed by atoms with E-state index in [-0.39, 0.29) is 5.37 Å². The normalized spacial score (nSPS) is 12.6. The lowest BCUT2D eigenvalue weighted by Gasteiger charge is -2.21. The average molecular weight is 177 g/mol. The number of hydrogen-bond acceptors (Lipinski definition) is 2. The van der Waals surface area contributed by atoms with Crippen LogP contribution in [0.4, 0.5) is 4.79 Å². The summed E-state index contributed by atoms with van der Waals surface area (Å²) in [5.41, 5.74) is 0. The Hall–Kier alpha value is -0.380. The van der Waals surface area contributed by atoms with Crippen molar-refractivity contribution in [2.24, 2.45) is 0 Å². The molecule has 0 aromatic rings. The third-order valence-corrected chi connectivity index (χ3v) is 1.73. The van der Waals surface area contributed by atoms with Crippen LogP contribution in [0.1, 0.15) is 26.7 Å². The highest BCUT2D eigenvalue weighted by atomic mass is 32.1. The Morgan fingerprint density at radius 1 is 1.73 bits per heavy atom. The van der Waals surface area contributed by atoms with Crippen LogP contribution >= 0.6 is 12.6 Å². The molecule has 0 rings (SSSR count). The molecule has 0 bridgehead atoms. The summed E-state index contributed by atoms with van der Waals surface area (Å²) in [7, 11) is 0. The zero-order chi connectivity index (χ0) is 8.85. The Morgan fingerprint density at radius 2 is 2.27 bits per heavy atom. The molecule has 1 amide bonds. The van der Waals surface area contributed by atoms with Crippen molar-refractivity contribution in [2.45, 2.75) is 32.1 Å². The predicted molar refractivity (Wildman–Crippen MR) is 48.1 cm³/mol. The van der Waals surface area contributed by atoms with Crippen LogP contribution in [0.5, 0.6) is 0 Å². The van der Waals surface area contributed by atoms with E-state index >= 15 is 0 Å². The Bertz CT molecular complexity index is 128. The topological polar surface area (TPSA) is 40.5 Å². The summed E-state index contributed by atoms with van der Waals surface area (Å²) in [6, 6.07) is 0. The van der Waals surface area contributed by atoms with E-state index in [1.807, 2.05) is 6.92 Å². The molecule has 1 N–H and O–H groups in total. The van der Waals surface area contributed by atoms with E-state index in [0.29, 0.717) is 6.54 Å². The Balaban J connectivity index is 3.80. The van der Waals surface area contributed by atoms with E-state index in [4.69, 9.17) is 5.11 Å². The molecule has 0 heterocycles. The van der Waals surface area contributed by atoms with E-state index < -0.39 is 6.09 Å². The Morgan fingerprint density at radius 3 is 2.55 bits per heavy atom. The maximum atomic E-state index is 10.5. The molecule has 3 nitrogen and oxygen atoms in total. The van der Waals surface area contributed by atoms with Gasteiger partial charge in [-0.2, -0.15) is 12.6 Å². The van der Waals surface area contributed by atoms with Crippen LogP contribution in [0.2, 0.25) is 0 Å². The molecule has 0 radical (unpaired) electrons. The molecular formula is C7H15NO2S. The molecule has 66 valence electrons. The van der Waals surface area contributed by atoms with E-state index in [1.165, 1.54) is 4.90 Å². The summed E-state index contributed by atoms with van der Waals surface area (Å²) < 4.78 is 0. The first-order valence-corrected chi connectivity index (χ1v) is 4.28. The molecule has 0 aliphatic rings. The number of rotatable bonds is 4. The quantitative estimate of drug-likeness (QED) is 0.509. The molecule has 11 heavy (non-hydrogen) atoms. The zero-order valence-corrected chi connectivity index (χ0v) is 7.84. The number of hydrogen-bond donors (Lipinski definition) is 2. The summed E-state index contributed by atoms with van der Waals surface area (Å²) in [5.74, 6) is 0. The van der Waals surface area contributed by atoms with Gasteiger partial charge in [0.05, 0.1) is 5.37 Å². The van der Waals surface area contributed by atoms with Crippen LogP contribution < -0.4 is 0 Å². The lowest BCUT2D eigenvalue weighted by molar-refractivity contribution is 0.142. The van der Waals surface area contributed by atoms with Crippen molar-refractivity contribution < 1.29 is 9.90 Å². The van der Waals surface area contributed by atoms with Crippen molar-refractivity contribution in [3.63, 3.8) is 0 Å². The first kappa shape index (κ1) is 10.6. The van der Waals surface area contributed by atoms with Gasteiger partial charge in [-0.15, -0.1) is 0 Å². The van der Waals surface area contributed by atoms with Crippen molar-refractivity contribution in [3.8, 4) is 0 Å². The number of nitrogens with zero attached hydrogens (tertiary/aromatic N) is 1. The second-order valence-corrected chi connectivity index (χ2v) is 3.21. The van der Waals surface area contributed by atoms with Gasteiger partial charge in [0.25, 0.3) is 0 Å². The fourth-order valence-electron chi connectivity index (χ4n) is 0.771. The van der Waals surface area contributed by atoms with Crippen LogP contribution in [0.3, 0.4) is 0 Å². The summed E-state index contributed by atoms with van der Waals surface area (Å²) >= 11 is 4.05. The molecule has 0 saturated heterocycles. The van der Waals surface area contributed by atoms with E-state index in [9.17, 15) is 4.79 Å². The summed E-state index contributed by atoms with van der Waals surface area (Å²) in [6.45, 7) is 4.37. The Kier molecular flexibility index (Phi) is 5.11. The van der Waals surface area contributed by atoms with Crippen molar-refractivity contribution in [1.29, 1.82) is 0 Å². The van der Waals surface area contributed by atoms with E-state index in [2.05, 4.69) is 12.6 Å². The minimum Gasteiger partial charge on any atom is -0.465 e. The van der Waals surface area contributed by atoms with Crippen molar-refractivity contribution >= 4 is 18.7 Å². The molecule has 0 fully saturated rings. The molecule has 0 saturated carbocycles. The molecule has 4 heteroatoms. The number of thiol groups is 1. The summed E-state index contributed by atoms with van der Waals surface area (Å²) in [6.07, 6.45) is 1.02. The van der Waals surface area contributed by atoms with Gasteiger partial charge < -0.3 is 5.11 Å². The molecule has 0 aromatic heterocycles. The highest BCUT2D eigenvalue weighted by Gasteiger charge is 2.14. The zero-order valence-electron chi connectivity index (χ0n) is 6.95. The minimum absolute atomic E-state index is 0.209. The number of carbonyl (C=O) groups is 1. The van der Waals surface area contributed by atoms with Crippen molar-refractivity contribution in [2.75, 3.05) is 6.54 Å². The maximum absolute atomic E-state index is 10.5. The fraction of sp³-hybridized carbons (Fsp3) is 0.857. The minimum atomic E-state index is -0.888. The second kappa shape index (κ2) is 5.29. The largest absolute Gasteiger partial charge is 0.465 e. The number of carboxylic acid groups (broad SMARTS) is 1. The smallest absolute Gasteiger partial charge is 0.408 e. The molecule has 0 aliphatic carbocycles. The lowest BCUT2D eigenvalue weighted by atomic mass is 10.3. The van der Waals surface area contributed by atoms with Crippen LogP contribution in [-0.4, -0.2) is 28.0 Å². The molecule has 0 spiro atoms. The highest BCUT2D eigenvalue weighted by Crippen LogP contribution is 2.05. The van der Waals surface area contributed by atoms with Gasteiger partial charge in [-0.1, -0.05) is 13.3 Å². The lowest BCUT2D eigenvalue weighted by Crippen LogP contribution is -2.35. The predicted octanol–water partition coefficient (Wildman–Crippen LogP) is 2.04. The first-order chi connectivity index (χ1) is 5.09. The van der Waals surface area contributed by atoms with Crippen LogP contribution in [0.25, 0.3) is 0 Å². The van der Waals surface area contributed by atoms with Gasteiger partial charge in [-0.05, 0) is 13.3 Å². The fourth-order valence-corrected chi connectivity index (χ4v) is 0.985.